The molecular weight excluding hydrogens is 280 g/mol. The highest BCUT2D eigenvalue weighted by molar-refractivity contribution is 6.31. The molecule has 0 unspecified atom stereocenters. The summed E-state index contributed by atoms with van der Waals surface area (Å²) in [5, 5.41) is 14.0. The van der Waals surface area contributed by atoms with Crippen LogP contribution in [0.5, 0.6) is 0 Å². The summed E-state index contributed by atoms with van der Waals surface area (Å²) >= 11 is 6.05. The summed E-state index contributed by atoms with van der Waals surface area (Å²) in [4.78, 5) is 11.0. The Bertz CT molecular complexity index is 589. The second-order valence-electron chi connectivity index (χ2n) is 3.87. The van der Waals surface area contributed by atoms with Gasteiger partial charge in [0, 0.05) is 11.6 Å². The Morgan fingerprint density at radius 1 is 1.20 bits per heavy atom. The maximum Gasteiger partial charge on any atom is 0.412 e. The number of anilines is 2. The van der Waals surface area contributed by atoms with Gasteiger partial charge in [0.25, 0.3) is 0 Å². The molecule has 2 aromatic rings. The lowest BCUT2D eigenvalue weighted by atomic mass is 10.2. The molecule has 0 fully saturated rings. The van der Waals surface area contributed by atoms with E-state index >= 15 is 0 Å². The standard InChI is InChI=1S/C13H13ClN4O2/c1-20-13(19)16-12-7-6-11(17-18-12)15-8-9-4-2-3-5-10(9)14/h2-7H,8H2,1H3,(H,15,17)(H,16,18,19). The van der Waals surface area contributed by atoms with Gasteiger partial charge in [-0.3, -0.25) is 5.32 Å². The van der Waals surface area contributed by atoms with Crippen molar-refractivity contribution >= 4 is 29.3 Å². The normalized spacial score (nSPS) is 9.90. The summed E-state index contributed by atoms with van der Waals surface area (Å²) in [7, 11) is 1.28. The minimum Gasteiger partial charge on any atom is -0.453 e. The number of hydrogen-bond donors (Lipinski definition) is 2. The first-order chi connectivity index (χ1) is 9.69. The van der Waals surface area contributed by atoms with E-state index in [-0.39, 0.29) is 0 Å². The third-order valence-electron chi connectivity index (χ3n) is 2.50. The van der Waals surface area contributed by atoms with E-state index < -0.39 is 6.09 Å². The summed E-state index contributed by atoms with van der Waals surface area (Å²) in [6.07, 6.45) is -0.587. The van der Waals surface area contributed by atoms with Crippen LogP contribution in [0.2, 0.25) is 5.02 Å². The van der Waals surface area contributed by atoms with Crippen molar-refractivity contribution in [3.8, 4) is 0 Å². The SMILES string of the molecule is COC(=O)Nc1ccc(NCc2ccccc2Cl)nn1. The van der Waals surface area contributed by atoms with Gasteiger partial charge in [0.2, 0.25) is 0 Å². The molecule has 0 bridgehead atoms. The van der Waals surface area contributed by atoms with Crippen LogP contribution in [0.4, 0.5) is 16.4 Å². The maximum atomic E-state index is 11.0. The summed E-state index contributed by atoms with van der Waals surface area (Å²) in [5.41, 5.74) is 0.965. The van der Waals surface area contributed by atoms with Crippen molar-refractivity contribution in [3.63, 3.8) is 0 Å². The number of aromatic nitrogens is 2. The summed E-state index contributed by atoms with van der Waals surface area (Å²) < 4.78 is 4.45. The second kappa shape index (κ2) is 6.72. The van der Waals surface area contributed by atoms with Crippen LogP contribution < -0.4 is 10.6 Å². The molecule has 2 N–H and O–H groups in total. The molecule has 0 radical (unpaired) electrons. The van der Waals surface area contributed by atoms with E-state index in [4.69, 9.17) is 11.6 Å². The number of amides is 1. The van der Waals surface area contributed by atoms with Gasteiger partial charge in [-0.05, 0) is 23.8 Å². The predicted octanol–water partition coefficient (Wildman–Crippen LogP) is 2.92. The first-order valence-electron chi connectivity index (χ1n) is 5.85. The maximum absolute atomic E-state index is 11.0. The third-order valence-corrected chi connectivity index (χ3v) is 2.87. The Hall–Kier alpha value is -2.34. The highest BCUT2D eigenvalue weighted by atomic mass is 35.5. The number of ether oxygens (including phenoxy) is 1. The first kappa shape index (κ1) is 14.1. The molecule has 0 spiro atoms. The topological polar surface area (TPSA) is 76.1 Å². The summed E-state index contributed by atoms with van der Waals surface area (Å²) in [6, 6.07) is 10.9. The van der Waals surface area contributed by atoms with Crippen molar-refractivity contribution in [2.24, 2.45) is 0 Å². The fraction of sp³-hybridized carbons (Fsp3) is 0.154. The lowest BCUT2D eigenvalue weighted by Crippen LogP contribution is -2.13. The number of halogens is 1. The van der Waals surface area contributed by atoms with E-state index in [0.717, 1.165) is 5.56 Å². The average molecular weight is 293 g/mol. The van der Waals surface area contributed by atoms with Crippen molar-refractivity contribution in [1.29, 1.82) is 0 Å². The molecule has 1 heterocycles. The lowest BCUT2D eigenvalue weighted by molar-refractivity contribution is 0.187. The zero-order valence-corrected chi connectivity index (χ0v) is 11.5. The minimum absolute atomic E-state index is 0.320. The molecule has 7 heteroatoms. The van der Waals surface area contributed by atoms with Crippen LogP contribution in [0.3, 0.4) is 0 Å². The van der Waals surface area contributed by atoms with Crippen LogP contribution in [-0.2, 0) is 11.3 Å². The van der Waals surface area contributed by atoms with E-state index in [1.54, 1.807) is 12.1 Å². The zero-order chi connectivity index (χ0) is 14.4. The van der Waals surface area contributed by atoms with Gasteiger partial charge in [-0.2, -0.15) is 0 Å². The largest absolute Gasteiger partial charge is 0.453 e. The van der Waals surface area contributed by atoms with E-state index in [2.05, 4.69) is 25.6 Å². The van der Waals surface area contributed by atoms with Gasteiger partial charge in [-0.25, -0.2) is 4.79 Å². The molecule has 0 aliphatic carbocycles. The lowest BCUT2D eigenvalue weighted by Gasteiger charge is -2.07. The monoisotopic (exact) mass is 292 g/mol. The number of benzene rings is 1. The van der Waals surface area contributed by atoms with Gasteiger partial charge in [-0.1, -0.05) is 29.8 Å². The zero-order valence-electron chi connectivity index (χ0n) is 10.8. The Kier molecular flexibility index (Phi) is 4.73. The van der Waals surface area contributed by atoms with E-state index in [9.17, 15) is 4.79 Å². The van der Waals surface area contributed by atoms with Crippen molar-refractivity contribution < 1.29 is 9.53 Å². The highest BCUT2D eigenvalue weighted by Gasteiger charge is 2.03. The van der Waals surface area contributed by atoms with Gasteiger partial charge in [0.15, 0.2) is 5.82 Å². The van der Waals surface area contributed by atoms with E-state index in [1.807, 2.05) is 24.3 Å². The molecule has 1 amide bonds. The van der Waals surface area contributed by atoms with Gasteiger partial charge in [0.05, 0.1) is 7.11 Å². The Morgan fingerprint density at radius 3 is 2.55 bits per heavy atom. The molecule has 0 saturated carbocycles. The van der Waals surface area contributed by atoms with Gasteiger partial charge < -0.3 is 10.1 Å². The smallest absolute Gasteiger partial charge is 0.412 e. The Labute approximate surface area is 121 Å². The summed E-state index contributed by atoms with van der Waals surface area (Å²) in [6.45, 7) is 0.540. The predicted molar refractivity (Wildman–Crippen MR) is 76.8 cm³/mol. The van der Waals surface area contributed by atoms with Crippen LogP contribution in [0.15, 0.2) is 36.4 Å². The van der Waals surface area contributed by atoms with Gasteiger partial charge >= 0.3 is 6.09 Å². The van der Waals surface area contributed by atoms with E-state index in [0.29, 0.717) is 23.2 Å². The van der Waals surface area contributed by atoms with E-state index in [1.165, 1.54) is 7.11 Å². The highest BCUT2D eigenvalue weighted by Crippen LogP contribution is 2.16. The molecule has 0 aliphatic rings. The third kappa shape index (κ3) is 3.83. The van der Waals surface area contributed by atoms with Crippen molar-refractivity contribution in [1.82, 2.24) is 10.2 Å². The molecule has 0 saturated heterocycles. The Morgan fingerprint density at radius 2 is 1.90 bits per heavy atom. The van der Waals surface area contributed by atoms with Crippen LogP contribution in [0, 0.1) is 0 Å². The molecule has 0 atom stereocenters. The van der Waals surface area contributed by atoms with Crippen LogP contribution >= 0.6 is 11.6 Å². The molecule has 1 aromatic heterocycles. The fourth-order valence-corrected chi connectivity index (χ4v) is 1.68. The average Bonchev–Trinajstić information content (AvgIpc) is 2.48. The van der Waals surface area contributed by atoms with Gasteiger partial charge in [-0.15, -0.1) is 10.2 Å². The number of methoxy groups -OCH3 is 1. The molecule has 0 aliphatic heterocycles. The van der Waals surface area contributed by atoms with Gasteiger partial charge in [0.1, 0.15) is 5.82 Å². The minimum atomic E-state index is -0.587. The molecular formula is C13H13ClN4O2. The van der Waals surface area contributed by atoms with Crippen LogP contribution in [0.1, 0.15) is 5.56 Å². The second-order valence-corrected chi connectivity index (χ2v) is 4.27. The number of nitrogens with zero attached hydrogens (tertiary/aromatic N) is 2. The van der Waals surface area contributed by atoms with Crippen LogP contribution in [0.25, 0.3) is 0 Å². The van der Waals surface area contributed by atoms with Crippen molar-refractivity contribution in [2.75, 3.05) is 17.7 Å². The van der Waals surface area contributed by atoms with Crippen LogP contribution in [-0.4, -0.2) is 23.4 Å². The Balaban J connectivity index is 1.94. The molecule has 104 valence electrons. The molecule has 20 heavy (non-hydrogen) atoms. The number of nitrogens with one attached hydrogen (secondary N) is 2. The first-order valence-corrected chi connectivity index (χ1v) is 6.23. The van der Waals surface area contributed by atoms with Crippen molar-refractivity contribution in [3.05, 3.63) is 47.0 Å². The number of carbonyl (C=O) groups excluding carboxylic acids is 1. The molecule has 2 rings (SSSR count). The quantitative estimate of drug-likeness (QED) is 0.906. The number of hydrogen-bond acceptors (Lipinski definition) is 5. The number of carbonyl (C=O) groups is 1. The summed E-state index contributed by atoms with van der Waals surface area (Å²) in [5.74, 6) is 0.903. The molecule has 6 nitrogen and oxygen atoms in total. The number of rotatable bonds is 4. The molecule has 1 aromatic carbocycles. The van der Waals surface area contributed by atoms with Crippen molar-refractivity contribution in [2.45, 2.75) is 6.54 Å². The fourth-order valence-electron chi connectivity index (χ4n) is 1.48.